The van der Waals surface area contributed by atoms with Crippen molar-refractivity contribution in [2.45, 2.75) is 45.1 Å². The molecule has 2 rings (SSSR count). The summed E-state index contributed by atoms with van der Waals surface area (Å²) in [6.45, 7) is 2.28. The van der Waals surface area contributed by atoms with Gasteiger partial charge in [-0.25, -0.2) is 0 Å². The van der Waals surface area contributed by atoms with Crippen molar-refractivity contribution in [3.05, 3.63) is 29.3 Å². The van der Waals surface area contributed by atoms with Gasteiger partial charge in [-0.15, -0.1) is 0 Å². The molecule has 0 bridgehead atoms. The standard InChI is InChI=1S/C16H24N2O2/c1-12-14(8-5-9-15(12)17)16(20)18(10-11-19)13-6-3-2-4-7-13/h5,8-9,13,19H,2-4,6-7,10-11,17H2,1H3. The molecule has 1 fully saturated rings. The van der Waals surface area contributed by atoms with Crippen LogP contribution in [0, 0.1) is 6.92 Å². The molecule has 20 heavy (non-hydrogen) atoms. The topological polar surface area (TPSA) is 66.6 Å². The van der Waals surface area contributed by atoms with Crippen molar-refractivity contribution in [2.75, 3.05) is 18.9 Å². The molecule has 1 aromatic rings. The van der Waals surface area contributed by atoms with E-state index in [0.717, 1.165) is 31.2 Å². The van der Waals surface area contributed by atoms with Crippen molar-refractivity contribution in [1.29, 1.82) is 0 Å². The molecule has 1 amide bonds. The van der Waals surface area contributed by atoms with E-state index in [2.05, 4.69) is 0 Å². The number of carbonyl (C=O) groups excluding carboxylic acids is 1. The SMILES string of the molecule is Cc1c(N)cccc1C(=O)N(CCO)C1CCCCC1. The first-order valence-corrected chi connectivity index (χ1v) is 7.42. The van der Waals surface area contributed by atoms with Crippen LogP contribution in [0.1, 0.15) is 48.0 Å². The Kier molecular flexibility index (Phi) is 5.01. The number of nitrogen functional groups attached to an aromatic ring is 1. The van der Waals surface area contributed by atoms with Crippen molar-refractivity contribution >= 4 is 11.6 Å². The summed E-state index contributed by atoms with van der Waals surface area (Å²) in [6, 6.07) is 5.70. The summed E-state index contributed by atoms with van der Waals surface area (Å²) in [5.41, 5.74) is 8.02. The highest BCUT2D eigenvalue weighted by Gasteiger charge is 2.26. The maximum absolute atomic E-state index is 12.8. The third-order valence-corrected chi connectivity index (χ3v) is 4.22. The molecule has 0 saturated heterocycles. The van der Waals surface area contributed by atoms with Crippen LogP contribution in [0.4, 0.5) is 5.69 Å². The number of benzene rings is 1. The lowest BCUT2D eigenvalue weighted by Gasteiger charge is -2.34. The van der Waals surface area contributed by atoms with Crippen molar-refractivity contribution in [2.24, 2.45) is 0 Å². The van der Waals surface area contributed by atoms with Gasteiger partial charge in [0.25, 0.3) is 5.91 Å². The zero-order valence-electron chi connectivity index (χ0n) is 12.1. The minimum atomic E-state index is -0.00394. The summed E-state index contributed by atoms with van der Waals surface area (Å²) >= 11 is 0. The lowest BCUT2D eigenvalue weighted by molar-refractivity contribution is 0.0585. The number of nitrogens with two attached hydrogens (primary N) is 1. The number of anilines is 1. The second-order valence-corrected chi connectivity index (χ2v) is 5.53. The van der Waals surface area contributed by atoms with E-state index >= 15 is 0 Å². The van der Waals surface area contributed by atoms with Gasteiger partial charge in [0.2, 0.25) is 0 Å². The van der Waals surface area contributed by atoms with Crippen molar-refractivity contribution in [3.8, 4) is 0 Å². The molecule has 1 aliphatic rings. The van der Waals surface area contributed by atoms with E-state index < -0.39 is 0 Å². The molecule has 0 spiro atoms. The van der Waals surface area contributed by atoms with Crippen LogP contribution in [0.25, 0.3) is 0 Å². The van der Waals surface area contributed by atoms with E-state index in [0.29, 0.717) is 17.8 Å². The average molecular weight is 276 g/mol. The molecule has 0 heterocycles. The fraction of sp³-hybridized carbons (Fsp3) is 0.562. The normalized spacial score (nSPS) is 16.1. The highest BCUT2D eigenvalue weighted by molar-refractivity contribution is 5.97. The summed E-state index contributed by atoms with van der Waals surface area (Å²) in [7, 11) is 0. The van der Waals surface area contributed by atoms with E-state index in [-0.39, 0.29) is 18.6 Å². The Hall–Kier alpha value is -1.55. The van der Waals surface area contributed by atoms with Gasteiger partial charge in [0.1, 0.15) is 0 Å². The van der Waals surface area contributed by atoms with Gasteiger partial charge < -0.3 is 15.7 Å². The Morgan fingerprint density at radius 2 is 2.05 bits per heavy atom. The first-order valence-electron chi connectivity index (χ1n) is 7.42. The third-order valence-electron chi connectivity index (χ3n) is 4.22. The zero-order chi connectivity index (χ0) is 14.5. The highest BCUT2D eigenvalue weighted by atomic mass is 16.3. The highest BCUT2D eigenvalue weighted by Crippen LogP contribution is 2.25. The number of carbonyl (C=O) groups is 1. The van der Waals surface area contributed by atoms with Crippen LogP contribution in [0.3, 0.4) is 0 Å². The third kappa shape index (κ3) is 3.12. The van der Waals surface area contributed by atoms with E-state index in [1.54, 1.807) is 0 Å². The predicted octanol–water partition coefficient (Wildman–Crippen LogP) is 2.34. The molecule has 1 aliphatic carbocycles. The van der Waals surface area contributed by atoms with Crippen molar-refractivity contribution in [3.63, 3.8) is 0 Å². The van der Waals surface area contributed by atoms with Crippen LogP contribution in [-0.4, -0.2) is 35.1 Å². The molecule has 1 aromatic carbocycles. The van der Waals surface area contributed by atoms with Gasteiger partial charge in [0.15, 0.2) is 0 Å². The van der Waals surface area contributed by atoms with Gasteiger partial charge in [-0.05, 0) is 37.5 Å². The first kappa shape index (κ1) is 14.9. The summed E-state index contributed by atoms with van der Waals surface area (Å²) < 4.78 is 0. The molecular formula is C16H24N2O2. The Balaban J connectivity index is 2.23. The molecule has 110 valence electrons. The molecule has 1 saturated carbocycles. The van der Waals surface area contributed by atoms with Gasteiger partial charge in [0, 0.05) is 23.8 Å². The lowest BCUT2D eigenvalue weighted by atomic mass is 9.93. The predicted molar refractivity (Wildman–Crippen MR) is 80.6 cm³/mol. The van der Waals surface area contributed by atoms with Gasteiger partial charge >= 0.3 is 0 Å². The second kappa shape index (κ2) is 6.75. The number of aliphatic hydroxyl groups excluding tert-OH is 1. The smallest absolute Gasteiger partial charge is 0.254 e. The number of rotatable bonds is 4. The quantitative estimate of drug-likeness (QED) is 0.830. The Morgan fingerprint density at radius 1 is 1.35 bits per heavy atom. The van der Waals surface area contributed by atoms with E-state index in [1.165, 1.54) is 6.42 Å². The Morgan fingerprint density at radius 3 is 2.70 bits per heavy atom. The molecular weight excluding hydrogens is 252 g/mol. The number of amides is 1. The number of aliphatic hydroxyl groups is 1. The van der Waals surface area contributed by atoms with Crippen molar-refractivity contribution in [1.82, 2.24) is 4.90 Å². The minimum Gasteiger partial charge on any atom is -0.398 e. The maximum Gasteiger partial charge on any atom is 0.254 e. The number of hydrogen-bond donors (Lipinski definition) is 2. The van der Waals surface area contributed by atoms with Crippen LogP contribution >= 0.6 is 0 Å². The summed E-state index contributed by atoms with van der Waals surface area (Å²) in [5, 5.41) is 9.27. The zero-order valence-corrected chi connectivity index (χ0v) is 12.1. The van der Waals surface area contributed by atoms with E-state index in [4.69, 9.17) is 5.73 Å². The van der Waals surface area contributed by atoms with Crippen LogP contribution in [0.5, 0.6) is 0 Å². The summed E-state index contributed by atoms with van der Waals surface area (Å²) in [4.78, 5) is 14.6. The monoisotopic (exact) mass is 276 g/mol. The fourth-order valence-corrected chi connectivity index (χ4v) is 2.99. The lowest BCUT2D eigenvalue weighted by Crippen LogP contribution is -2.43. The van der Waals surface area contributed by atoms with Crippen LogP contribution in [0.15, 0.2) is 18.2 Å². The van der Waals surface area contributed by atoms with Crippen molar-refractivity contribution < 1.29 is 9.90 Å². The van der Waals surface area contributed by atoms with E-state index in [1.807, 2.05) is 30.0 Å². The fourth-order valence-electron chi connectivity index (χ4n) is 2.99. The van der Waals surface area contributed by atoms with Gasteiger partial charge in [-0.1, -0.05) is 25.3 Å². The largest absolute Gasteiger partial charge is 0.398 e. The second-order valence-electron chi connectivity index (χ2n) is 5.53. The Bertz CT molecular complexity index is 468. The van der Waals surface area contributed by atoms with Gasteiger partial charge in [-0.3, -0.25) is 4.79 Å². The molecule has 0 aromatic heterocycles. The number of hydrogen-bond acceptors (Lipinski definition) is 3. The molecule has 0 atom stereocenters. The molecule has 4 heteroatoms. The molecule has 4 nitrogen and oxygen atoms in total. The average Bonchev–Trinajstić information content (AvgIpc) is 2.48. The Labute approximate surface area is 120 Å². The van der Waals surface area contributed by atoms with Crippen LogP contribution < -0.4 is 5.73 Å². The molecule has 0 unspecified atom stereocenters. The molecule has 0 radical (unpaired) electrons. The van der Waals surface area contributed by atoms with Gasteiger partial charge in [0.05, 0.1) is 6.61 Å². The van der Waals surface area contributed by atoms with Crippen LogP contribution in [0.2, 0.25) is 0 Å². The molecule has 0 aliphatic heterocycles. The molecule has 3 N–H and O–H groups in total. The maximum atomic E-state index is 12.8. The number of nitrogens with zero attached hydrogens (tertiary/aromatic N) is 1. The van der Waals surface area contributed by atoms with E-state index in [9.17, 15) is 9.90 Å². The van der Waals surface area contributed by atoms with Crippen LogP contribution in [-0.2, 0) is 0 Å². The first-order chi connectivity index (χ1) is 9.65. The summed E-state index contributed by atoms with van der Waals surface area (Å²) in [5.74, 6) is -0.00394. The van der Waals surface area contributed by atoms with Gasteiger partial charge in [-0.2, -0.15) is 0 Å². The summed E-state index contributed by atoms with van der Waals surface area (Å²) in [6.07, 6.45) is 5.64. The minimum absolute atomic E-state index is 0.00357.